The maximum absolute atomic E-state index is 5.27. The Bertz CT molecular complexity index is 27.7. The molecule has 0 aromatic carbocycles. The molecule has 0 bridgehead atoms. The fourth-order valence-corrected chi connectivity index (χ4v) is 0.571. The van der Waals surface area contributed by atoms with E-state index in [1.807, 2.05) is 0 Å². The number of rotatable bonds is 4. The summed E-state index contributed by atoms with van der Waals surface area (Å²) in [6.45, 7) is 3.07. The topological polar surface area (TPSA) is 26.0 Å². The molecule has 0 unspecified atom stereocenters. The van der Waals surface area contributed by atoms with Gasteiger partial charge in [-0.15, -0.1) is 0 Å². The molecular weight excluding hydrogens is 114 g/mol. The largest absolute Gasteiger partial charge is 0.330 e. The van der Waals surface area contributed by atoms with E-state index in [2.05, 4.69) is 6.92 Å². The zero-order valence-electron chi connectivity index (χ0n) is 5.61. The first kappa shape index (κ1) is 11.0. The first-order valence-corrected chi connectivity index (χ1v) is 3.12. The summed E-state index contributed by atoms with van der Waals surface area (Å²) in [4.78, 5) is 0. The predicted molar refractivity (Wildman–Crippen MR) is 39.0 cm³/mol. The molecule has 0 aliphatic rings. The summed E-state index contributed by atoms with van der Waals surface area (Å²) in [6, 6.07) is 0. The third-order valence-corrected chi connectivity index (χ3v) is 1.06. The summed E-state index contributed by atoms with van der Waals surface area (Å²) in [5, 5.41) is 0. The Morgan fingerprint density at radius 1 is 1.12 bits per heavy atom. The van der Waals surface area contributed by atoms with Crippen LogP contribution < -0.4 is 5.73 Å². The summed E-state index contributed by atoms with van der Waals surface area (Å²) in [5.74, 6) is 0. The van der Waals surface area contributed by atoms with Crippen LogP contribution in [0.4, 0.5) is 0 Å². The highest BCUT2D eigenvalue weighted by Gasteiger charge is 1.80. The molecule has 2 N–H and O–H groups in total. The van der Waals surface area contributed by atoms with E-state index < -0.39 is 0 Å². The zero-order chi connectivity index (χ0) is 5.54. The number of nitrogens with two attached hydrogens (primary N) is 1. The average Bonchev–Trinajstić information content (AvgIpc) is 1.69. The van der Waals surface area contributed by atoms with Crippen molar-refractivity contribution in [2.24, 2.45) is 5.73 Å². The highest BCUT2D eigenvalue weighted by Crippen LogP contribution is 1.95. The van der Waals surface area contributed by atoms with Crippen LogP contribution >= 0.6 is 0 Å². The Morgan fingerprint density at radius 3 is 2.12 bits per heavy atom. The van der Waals surface area contributed by atoms with Crippen molar-refractivity contribution in [1.29, 1.82) is 0 Å². The lowest BCUT2D eigenvalue weighted by molar-refractivity contribution is 0.674. The first-order valence-electron chi connectivity index (χ1n) is 3.12. The predicted octanol–water partition coefficient (Wildman–Crippen LogP) is 1.14. The van der Waals surface area contributed by atoms with E-state index in [0.717, 1.165) is 6.54 Å². The second-order valence-electron chi connectivity index (χ2n) is 1.85. The van der Waals surface area contributed by atoms with Crippen LogP contribution in [0.3, 0.4) is 0 Å². The molecule has 48 valence electrons. The van der Waals surface area contributed by atoms with E-state index >= 15 is 0 Å². The molecule has 4 radical (unpaired) electrons. The molecule has 0 amide bonds. The van der Waals surface area contributed by atoms with Crippen LogP contribution in [-0.4, -0.2) is 17.5 Å². The second-order valence-corrected chi connectivity index (χ2v) is 1.85. The van der Waals surface area contributed by atoms with E-state index in [0.29, 0.717) is 0 Å². The molecule has 0 heterocycles. The van der Waals surface area contributed by atoms with Crippen molar-refractivity contribution >= 4 is 11.0 Å². The van der Waals surface area contributed by atoms with Gasteiger partial charge in [-0.25, -0.2) is 0 Å². The SMILES string of the molecule is CCCCCCN.[Si]. The summed E-state index contributed by atoms with van der Waals surface area (Å²) in [6.07, 6.45) is 5.16. The van der Waals surface area contributed by atoms with Crippen LogP contribution in [0, 0.1) is 0 Å². The fraction of sp³-hybridized carbons (Fsp3) is 1.00. The number of hydrogen-bond donors (Lipinski definition) is 1. The van der Waals surface area contributed by atoms with E-state index in [1.54, 1.807) is 0 Å². The van der Waals surface area contributed by atoms with Crippen molar-refractivity contribution in [3.05, 3.63) is 0 Å². The van der Waals surface area contributed by atoms with Gasteiger partial charge in [0.1, 0.15) is 0 Å². The third-order valence-electron chi connectivity index (χ3n) is 1.06. The van der Waals surface area contributed by atoms with Gasteiger partial charge in [-0.05, 0) is 13.0 Å². The molecule has 0 fully saturated rings. The van der Waals surface area contributed by atoms with Crippen LogP contribution in [0.5, 0.6) is 0 Å². The molecule has 0 aliphatic carbocycles. The van der Waals surface area contributed by atoms with Crippen LogP contribution in [-0.2, 0) is 0 Å². The normalized spacial score (nSPS) is 8.25. The van der Waals surface area contributed by atoms with Gasteiger partial charge in [0, 0.05) is 11.0 Å². The first-order chi connectivity index (χ1) is 3.41. The summed E-state index contributed by atoms with van der Waals surface area (Å²) in [5.41, 5.74) is 5.27. The van der Waals surface area contributed by atoms with Gasteiger partial charge in [-0.1, -0.05) is 26.2 Å². The lowest BCUT2D eigenvalue weighted by Crippen LogP contribution is -1.97. The van der Waals surface area contributed by atoms with Crippen molar-refractivity contribution in [1.82, 2.24) is 0 Å². The van der Waals surface area contributed by atoms with Gasteiger partial charge < -0.3 is 5.73 Å². The summed E-state index contributed by atoms with van der Waals surface area (Å²) < 4.78 is 0. The van der Waals surface area contributed by atoms with Gasteiger partial charge in [0.2, 0.25) is 0 Å². The monoisotopic (exact) mass is 129 g/mol. The van der Waals surface area contributed by atoms with Crippen LogP contribution in [0.25, 0.3) is 0 Å². The van der Waals surface area contributed by atoms with E-state index in [9.17, 15) is 0 Å². The highest BCUT2D eigenvalue weighted by atomic mass is 28.1. The molecule has 0 saturated carbocycles. The van der Waals surface area contributed by atoms with E-state index in [4.69, 9.17) is 5.73 Å². The quantitative estimate of drug-likeness (QED) is 0.447. The van der Waals surface area contributed by atoms with Crippen LogP contribution in [0.15, 0.2) is 0 Å². The van der Waals surface area contributed by atoms with Crippen molar-refractivity contribution in [2.45, 2.75) is 32.6 Å². The highest BCUT2D eigenvalue weighted by molar-refractivity contribution is 5.75. The molecule has 0 atom stereocenters. The lowest BCUT2D eigenvalue weighted by atomic mass is 10.2. The Balaban J connectivity index is 0. The van der Waals surface area contributed by atoms with Crippen molar-refractivity contribution in [3.63, 3.8) is 0 Å². The van der Waals surface area contributed by atoms with E-state index in [1.165, 1.54) is 25.7 Å². The molecule has 0 rings (SSSR count). The van der Waals surface area contributed by atoms with E-state index in [-0.39, 0.29) is 11.0 Å². The smallest absolute Gasteiger partial charge is 0 e. The molecular formula is C6H15NSi. The van der Waals surface area contributed by atoms with Crippen molar-refractivity contribution in [2.75, 3.05) is 6.54 Å². The molecule has 0 saturated heterocycles. The Morgan fingerprint density at radius 2 is 1.75 bits per heavy atom. The number of unbranched alkanes of at least 4 members (excludes halogenated alkanes) is 3. The molecule has 8 heavy (non-hydrogen) atoms. The summed E-state index contributed by atoms with van der Waals surface area (Å²) >= 11 is 0. The van der Waals surface area contributed by atoms with Crippen LogP contribution in [0.2, 0.25) is 0 Å². The molecule has 0 aromatic rings. The molecule has 1 nitrogen and oxygen atoms in total. The standard InChI is InChI=1S/C6H15N.Si/c1-2-3-4-5-6-7;/h2-7H2,1H3;. The molecule has 0 aliphatic heterocycles. The lowest BCUT2D eigenvalue weighted by Gasteiger charge is -1.90. The van der Waals surface area contributed by atoms with Gasteiger partial charge in [0.25, 0.3) is 0 Å². The minimum absolute atomic E-state index is 0. The van der Waals surface area contributed by atoms with Gasteiger partial charge in [-0.3, -0.25) is 0 Å². The number of hydrogen-bond acceptors (Lipinski definition) is 1. The maximum atomic E-state index is 5.27. The van der Waals surface area contributed by atoms with Crippen LogP contribution in [0.1, 0.15) is 32.6 Å². The Hall–Kier alpha value is 0.177. The minimum atomic E-state index is 0. The molecule has 0 aromatic heterocycles. The Kier molecular flexibility index (Phi) is 14.1. The van der Waals surface area contributed by atoms with Crippen molar-refractivity contribution in [3.8, 4) is 0 Å². The second kappa shape index (κ2) is 10.2. The fourth-order valence-electron chi connectivity index (χ4n) is 0.571. The summed E-state index contributed by atoms with van der Waals surface area (Å²) in [7, 11) is 0. The molecule has 0 spiro atoms. The molecule has 2 heteroatoms. The third kappa shape index (κ3) is 9.49. The minimum Gasteiger partial charge on any atom is -0.330 e. The van der Waals surface area contributed by atoms with Gasteiger partial charge >= 0.3 is 0 Å². The van der Waals surface area contributed by atoms with Gasteiger partial charge in [-0.2, -0.15) is 0 Å². The average molecular weight is 129 g/mol. The van der Waals surface area contributed by atoms with Gasteiger partial charge in [0.05, 0.1) is 0 Å². The Labute approximate surface area is 56.7 Å². The maximum Gasteiger partial charge on any atom is 0 e. The van der Waals surface area contributed by atoms with Gasteiger partial charge in [0.15, 0.2) is 0 Å². The van der Waals surface area contributed by atoms with Crippen molar-refractivity contribution < 1.29 is 0 Å². The zero-order valence-corrected chi connectivity index (χ0v) is 6.61.